The van der Waals surface area contributed by atoms with Gasteiger partial charge >= 0.3 is 0 Å². The summed E-state index contributed by atoms with van der Waals surface area (Å²) in [4.78, 5) is 0. The Bertz CT molecular complexity index is 482. The molecule has 1 atom stereocenters. The maximum atomic E-state index is 6.52. The molecule has 3 nitrogen and oxygen atoms in total. The first-order valence-electron chi connectivity index (χ1n) is 7.76. The Balaban J connectivity index is 2.38. The van der Waals surface area contributed by atoms with Crippen LogP contribution in [0.15, 0.2) is 12.1 Å². The van der Waals surface area contributed by atoms with Crippen molar-refractivity contribution in [3.05, 3.63) is 22.7 Å². The molecule has 0 radical (unpaired) electrons. The molecule has 1 unspecified atom stereocenters. The Kier molecular flexibility index (Phi) is 5.39. The van der Waals surface area contributed by atoms with Gasteiger partial charge in [0.25, 0.3) is 0 Å². The smallest absolute Gasteiger partial charge is 0.162 e. The fourth-order valence-corrected chi connectivity index (χ4v) is 2.85. The zero-order chi connectivity index (χ0) is 15.5. The average molecular weight is 312 g/mol. The van der Waals surface area contributed by atoms with Gasteiger partial charge in [0.1, 0.15) is 0 Å². The topological polar surface area (TPSA) is 30.5 Å². The number of nitrogens with one attached hydrogen (secondary N) is 1. The zero-order valence-electron chi connectivity index (χ0n) is 13.5. The van der Waals surface area contributed by atoms with Crippen molar-refractivity contribution in [1.29, 1.82) is 0 Å². The molecule has 21 heavy (non-hydrogen) atoms. The van der Waals surface area contributed by atoms with Crippen molar-refractivity contribution < 1.29 is 9.47 Å². The van der Waals surface area contributed by atoms with Crippen LogP contribution in [0.1, 0.15) is 52.1 Å². The minimum Gasteiger partial charge on any atom is -0.490 e. The molecule has 1 aliphatic heterocycles. The predicted molar refractivity (Wildman–Crippen MR) is 87.5 cm³/mol. The SMILES string of the molecule is CCCNC(c1cc2c(cc1Cl)OCCCO2)C(C)(C)C. The summed E-state index contributed by atoms with van der Waals surface area (Å²) in [5.41, 5.74) is 1.15. The van der Waals surface area contributed by atoms with Crippen LogP contribution < -0.4 is 14.8 Å². The fourth-order valence-electron chi connectivity index (χ4n) is 2.59. The molecule has 0 saturated heterocycles. The highest BCUT2D eigenvalue weighted by Crippen LogP contribution is 2.42. The molecule has 1 aliphatic rings. The van der Waals surface area contributed by atoms with Gasteiger partial charge in [-0.3, -0.25) is 0 Å². The monoisotopic (exact) mass is 311 g/mol. The molecule has 0 spiro atoms. The van der Waals surface area contributed by atoms with Gasteiger partial charge in [0.05, 0.1) is 13.2 Å². The Hall–Kier alpha value is -0.930. The van der Waals surface area contributed by atoms with E-state index in [1.54, 1.807) is 0 Å². The van der Waals surface area contributed by atoms with Crippen LogP contribution in [0, 0.1) is 5.41 Å². The van der Waals surface area contributed by atoms with Crippen molar-refractivity contribution in [2.24, 2.45) is 5.41 Å². The summed E-state index contributed by atoms with van der Waals surface area (Å²) >= 11 is 6.52. The largest absolute Gasteiger partial charge is 0.490 e. The highest BCUT2D eigenvalue weighted by molar-refractivity contribution is 6.31. The molecule has 0 amide bonds. The summed E-state index contributed by atoms with van der Waals surface area (Å²) in [6, 6.07) is 4.12. The van der Waals surface area contributed by atoms with E-state index >= 15 is 0 Å². The molecule has 4 heteroatoms. The number of halogens is 1. The molecule has 2 rings (SSSR count). The van der Waals surface area contributed by atoms with Gasteiger partial charge in [-0.05, 0) is 30.0 Å². The molecule has 0 aromatic heterocycles. The molecule has 0 fully saturated rings. The van der Waals surface area contributed by atoms with Crippen LogP contribution in [0.2, 0.25) is 5.02 Å². The van der Waals surface area contributed by atoms with Crippen LogP contribution in [0.5, 0.6) is 11.5 Å². The van der Waals surface area contributed by atoms with Crippen LogP contribution in [-0.4, -0.2) is 19.8 Å². The second-order valence-electron chi connectivity index (χ2n) is 6.62. The average Bonchev–Trinajstić information content (AvgIpc) is 2.62. The van der Waals surface area contributed by atoms with Gasteiger partial charge in [0.2, 0.25) is 0 Å². The lowest BCUT2D eigenvalue weighted by atomic mass is 9.82. The second-order valence-corrected chi connectivity index (χ2v) is 7.03. The first-order valence-corrected chi connectivity index (χ1v) is 8.13. The van der Waals surface area contributed by atoms with Gasteiger partial charge in [-0.2, -0.15) is 0 Å². The van der Waals surface area contributed by atoms with Crippen molar-refractivity contribution in [3.63, 3.8) is 0 Å². The molecular weight excluding hydrogens is 286 g/mol. The number of ether oxygens (including phenoxy) is 2. The van der Waals surface area contributed by atoms with Crippen molar-refractivity contribution >= 4 is 11.6 Å². The zero-order valence-corrected chi connectivity index (χ0v) is 14.2. The standard InChI is InChI=1S/C17H26ClNO2/c1-5-7-19-16(17(2,3)4)12-10-14-15(11-13(12)18)21-9-6-8-20-14/h10-11,16,19H,5-9H2,1-4H3. The molecule has 1 aromatic carbocycles. The molecular formula is C17H26ClNO2. The van der Waals surface area contributed by atoms with Crippen molar-refractivity contribution in [2.75, 3.05) is 19.8 Å². The van der Waals surface area contributed by atoms with E-state index in [2.05, 4.69) is 33.0 Å². The van der Waals surface area contributed by atoms with Gasteiger partial charge in [-0.1, -0.05) is 39.3 Å². The first kappa shape index (κ1) is 16.4. The third-order valence-electron chi connectivity index (χ3n) is 3.64. The maximum Gasteiger partial charge on any atom is 0.162 e. The van der Waals surface area contributed by atoms with E-state index < -0.39 is 0 Å². The van der Waals surface area contributed by atoms with Crippen LogP contribution in [0.25, 0.3) is 0 Å². The van der Waals surface area contributed by atoms with E-state index in [0.29, 0.717) is 13.2 Å². The Morgan fingerprint density at radius 2 is 1.81 bits per heavy atom. The minimum absolute atomic E-state index is 0.0681. The van der Waals surface area contributed by atoms with E-state index in [4.69, 9.17) is 21.1 Å². The third kappa shape index (κ3) is 4.04. The van der Waals surface area contributed by atoms with Crippen LogP contribution in [0.3, 0.4) is 0 Å². The molecule has 0 aliphatic carbocycles. The predicted octanol–water partition coefficient (Wildman–Crippen LogP) is 4.59. The Morgan fingerprint density at radius 3 is 2.38 bits per heavy atom. The second kappa shape index (κ2) is 6.89. The van der Waals surface area contributed by atoms with Crippen molar-refractivity contribution in [2.45, 2.75) is 46.6 Å². The summed E-state index contributed by atoms with van der Waals surface area (Å²) in [5, 5.41) is 4.35. The Morgan fingerprint density at radius 1 is 1.19 bits per heavy atom. The summed E-state index contributed by atoms with van der Waals surface area (Å²) in [6.45, 7) is 11.2. The number of benzene rings is 1. The van der Waals surface area contributed by atoms with Gasteiger partial charge in [0.15, 0.2) is 11.5 Å². The first-order chi connectivity index (χ1) is 9.93. The highest BCUT2D eigenvalue weighted by atomic mass is 35.5. The Labute approximate surface area is 133 Å². The minimum atomic E-state index is 0.0681. The molecule has 1 N–H and O–H groups in total. The van der Waals surface area contributed by atoms with Gasteiger partial charge < -0.3 is 14.8 Å². The van der Waals surface area contributed by atoms with E-state index in [0.717, 1.165) is 41.5 Å². The number of rotatable bonds is 4. The molecule has 1 heterocycles. The lowest BCUT2D eigenvalue weighted by Crippen LogP contribution is -2.33. The normalized spacial score (nSPS) is 16.4. The van der Waals surface area contributed by atoms with Gasteiger partial charge in [-0.15, -0.1) is 0 Å². The molecule has 0 saturated carbocycles. The summed E-state index contributed by atoms with van der Waals surface area (Å²) in [5.74, 6) is 1.56. The van der Waals surface area contributed by atoms with Crippen LogP contribution in [0.4, 0.5) is 0 Å². The van der Waals surface area contributed by atoms with E-state index in [1.165, 1.54) is 0 Å². The summed E-state index contributed by atoms with van der Waals surface area (Å²) < 4.78 is 11.5. The number of hydrogen-bond donors (Lipinski definition) is 1. The quantitative estimate of drug-likeness (QED) is 0.882. The van der Waals surface area contributed by atoms with E-state index in [-0.39, 0.29) is 11.5 Å². The van der Waals surface area contributed by atoms with Gasteiger partial charge in [0, 0.05) is 23.6 Å². The number of hydrogen-bond acceptors (Lipinski definition) is 3. The van der Waals surface area contributed by atoms with Gasteiger partial charge in [-0.25, -0.2) is 0 Å². The highest BCUT2D eigenvalue weighted by Gasteiger charge is 2.29. The van der Waals surface area contributed by atoms with E-state index in [1.807, 2.05) is 12.1 Å². The molecule has 118 valence electrons. The van der Waals surface area contributed by atoms with Crippen LogP contribution in [-0.2, 0) is 0 Å². The third-order valence-corrected chi connectivity index (χ3v) is 3.97. The van der Waals surface area contributed by atoms with E-state index in [9.17, 15) is 0 Å². The lowest BCUT2D eigenvalue weighted by Gasteiger charge is -2.33. The van der Waals surface area contributed by atoms with Crippen molar-refractivity contribution in [1.82, 2.24) is 5.32 Å². The maximum absolute atomic E-state index is 6.52. The van der Waals surface area contributed by atoms with Crippen molar-refractivity contribution in [3.8, 4) is 11.5 Å². The summed E-state index contributed by atoms with van der Waals surface area (Å²) in [7, 11) is 0. The number of fused-ring (bicyclic) bond motifs is 1. The fraction of sp³-hybridized carbons (Fsp3) is 0.647. The lowest BCUT2D eigenvalue weighted by molar-refractivity contribution is 0.271. The summed E-state index contributed by atoms with van der Waals surface area (Å²) in [6.07, 6.45) is 1.99. The molecule has 1 aromatic rings. The molecule has 0 bridgehead atoms. The van der Waals surface area contributed by atoms with Crippen LogP contribution >= 0.6 is 11.6 Å².